The Morgan fingerprint density at radius 1 is 1.18 bits per heavy atom. The normalized spacial score (nSPS) is 26.6. The lowest BCUT2D eigenvalue weighted by Gasteiger charge is -2.60. The van der Waals surface area contributed by atoms with Crippen LogP contribution in [-0.2, 0) is 6.54 Å². The lowest BCUT2D eigenvalue weighted by Crippen LogP contribution is -2.62. The highest BCUT2D eigenvalue weighted by Crippen LogP contribution is 2.58. The summed E-state index contributed by atoms with van der Waals surface area (Å²) in [6.45, 7) is 8.26. The highest BCUT2D eigenvalue weighted by molar-refractivity contribution is 9.10. The van der Waals surface area contributed by atoms with Crippen molar-refractivity contribution in [2.45, 2.75) is 56.2 Å². The summed E-state index contributed by atoms with van der Waals surface area (Å²) >= 11 is 3.53. The molecule has 10 heteroatoms. The van der Waals surface area contributed by atoms with Crippen molar-refractivity contribution in [2.24, 2.45) is 11.8 Å². The van der Waals surface area contributed by atoms with Gasteiger partial charge in [0.2, 0.25) is 0 Å². The molecule has 9 nitrogen and oxygen atoms in total. The van der Waals surface area contributed by atoms with Gasteiger partial charge in [-0.25, -0.2) is 9.97 Å². The van der Waals surface area contributed by atoms with Gasteiger partial charge in [-0.05, 0) is 96.1 Å². The molecule has 40 heavy (non-hydrogen) atoms. The Kier molecular flexibility index (Phi) is 5.98. The third-order valence-corrected chi connectivity index (χ3v) is 9.18. The zero-order valence-corrected chi connectivity index (χ0v) is 23.8. The number of aromatic nitrogens is 4. The fourth-order valence-electron chi connectivity index (χ4n) is 7.66. The highest BCUT2D eigenvalue weighted by Gasteiger charge is 2.57. The molecule has 3 aromatic heterocycles. The van der Waals surface area contributed by atoms with Crippen molar-refractivity contribution in [1.29, 1.82) is 0 Å². The Hall–Kier alpha value is -3.68. The molecule has 1 aromatic carbocycles. The first-order valence-electron chi connectivity index (χ1n) is 13.6. The van der Waals surface area contributed by atoms with Crippen molar-refractivity contribution in [1.82, 2.24) is 19.6 Å². The van der Waals surface area contributed by atoms with E-state index >= 15 is 0 Å². The van der Waals surface area contributed by atoms with Crippen LogP contribution in [0.2, 0.25) is 0 Å². The zero-order valence-electron chi connectivity index (χ0n) is 22.2. The summed E-state index contributed by atoms with van der Waals surface area (Å²) in [5.41, 5.74) is 1.63. The topological polar surface area (TPSA) is 92.2 Å². The van der Waals surface area contributed by atoms with Crippen LogP contribution in [-0.4, -0.2) is 42.9 Å². The second-order valence-corrected chi connectivity index (χ2v) is 12.5. The van der Waals surface area contributed by atoms with Crippen molar-refractivity contribution >= 4 is 44.7 Å². The Morgan fingerprint density at radius 3 is 2.62 bits per heavy atom. The van der Waals surface area contributed by atoms with Gasteiger partial charge < -0.3 is 24.9 Å². The monoisotopic (exact) mass is 599 g/mol. The summed E-state index contributed by atoms with van der Waals surface area (Å²) in [5, 5.41) is 20.0. The van der Waals surface area contributed by atoms with E-state index in [2.05, 4.69) is 36.0 Å². The average molecular weight is 601 g/mol. The number of hydrogen-bond donors (Lipinski definition) is 2. The number of aliphatic hydroxyl groups is 1. The van der Waals surface area contributed by atoms with Crippen molar-refractivity contribution < 1.29 is 9.84 Å². The van der Waals surface area contributed by atoms with Crippen LogP contribution >= 0.6 is 15.9 Å². The molecule has 4 fully saturated rings. The van der Waals surface area contributed by atoms with Gasteiger partial charge in [-0.2, -0.15) is 0 Å². The van der Waals surface area contributed by atoms with E-state index in [1.54, 1.807) is 17.8 Å². The molecule has 0 radical (unpaired) electrons. The van der Waals surface area contributed by atoms with Crippen molar-refractivity contribution in [3.63, 3.8) is 0 Å². The number of fused-ring (bicyclic) bond motifs is 1. The molecule has 4 saturated carbocycles. The van der Waals surface area contributed by atoms with E-state index in [0.717, 1.165) is 59.5 Å². The first kappa shape index (κ1) is 25.3. The van der Waals surface area contributed by atoms with E-state index in [-0.39, 0.29) is 5.54 Å². The molecule has 2 atom stereocenters. The third-order valence-electron chi connectivity index (χ3n) is 8.74. The lowest BCUT2D eigenvalue weighted by molar-refractivity contribution is -0.127. The van der Waals surface area contributed by atoms with Gasteiger partial charge in [-0.15, -0.1) is 4.52 Å². The molecule has 0 aliphatic heterocycles. The maximum Gasteiger partial charge on any atom is 0.275 e. The van der Waals surface area contributed by atoms with E-state index in [1.165, 1.54) is 6.42 Å². The summed E-state index contributed by atoms with van der Waals surface area (Å²) in [6.07, 6.45) is 7.36. The fourth-order valence-corrected chi connectivity index (χ4v) is 7.99. The van der Waals surface area contributed by atoms with Crippen LogP contribution in [0, 0.1) is 18.4 Å². The van der Waals surface area contributed by atoms with Crippen LogP contribution in [0.25, 0.3) is 10.5 Å². The number of methoxy groups -OCH3 is 1. The highest BCUT2D eigenvalue weighted by atomic mass is 79.9. The SMILES string of the molecule is [C-]#[N+]c1cnc2c(N(Cc3ccc(OC)cc3)c3cccc(Br)n3)cc(NC34CC5CC(CC(O)(C5)C3)C4)nn12. The second-order valence-electron chi connectivity index (χ2n) is 11.7. The smallest absolute Gasteiger partial charge is 0.275 e. The lowest BCUT2D eigenvalue weighted by atomic mass is 9.51. The number of benzene rings is 1. The van der Waals surface area contributed by atoms with E-state index in [9.17, 15) is 5.11 Å². The molecule has 4 aromatic rings. The molecule has 0 saturated heterocycles. The molecule has 2 N–H and O–H groups in total. The quantitative estimate of drug-likeness (QED) is 0.191. The number of nitrogens with one attached hydrogen (secondary N) is 1. The van der Waals surface area contributed by atoms with Gasteiger partial charge in [0.1, 0.15) is 21.9 Å². The van der Waals surface area contributed by atoms with Gasteiger partial charge in [-0.1, -0.05) is 29.9 Å². The van der Waals surface area contributed by atoms with Gasteiger partial charge in [0.25, 0.3) is 11.5 Å². The van der Waals surface area contributed by atoms with Crippen LogP contribution in [0.3, 0.4) is 0 Å². The minimum Gasteiger partial charge on any atom is -0.497 e. The van der Waals surface area contributed by atoms with Crippen molar-refractivity contribution in [3.05, 3.63) is 76.3 Å². The molecule has 4 aliphatic carbocycles. The van der Waals surface area contributed by atoms with Gasteiger partial charge in [0.05, 0.1) is 18.9 Å². The fraction of sp³-hybridized carbons (Fsp3) is 0.400. The number of hydrogen-bond acceptors (Lipinski definition) is 7. The minimum atomic E-state index is -0.596. The van der Waals surface area contributed by atoms with Crippen molar-refractivity contribution in [3.8, 4) is 5.75 Å². The second kappa shape index (κ2) is 9.46. The maximum absolute atomic E-state index is 11.3. The van der Waals surface area contributed by atoms with Crippen molar-refractivity contribution in [2.75, 3.05) is 17.3 Å². The van der Waals surface area contributed by atoms with Gasteiger partial charge in [0, 0.05) is 18.2 Å². The number of ether oxygens (including phenoxy) is 1. The van der Waals surface area contributed by atoms with E-state index in [0.29, 0.717) is 35.7 Å². The molecule has 2 unspecified atom stereocenters. The molecule has 204 valence electrons. The zero-order chi connectivity index (χ0) is 27.5. The van der Waals surface area contributed by atoms with Crippen LogP contribution in [0.15, 0.2) is 59.3 Å². The van der Waals surface area contributed by atoms with Crippen LogP contribution in [0.4, 0.5) is 23.1 Å². The largest absolute Gasteiger partial charge is 0.497 e. The number of nitrogens with zero attached hydrogens (tertiary/aromatic N) is 6. The standard InChI is InChI=1S/C30H30BrN7O2/c1-32-27-16-33-28-23(37(26-5-3-4-24(31)34-26)17-19-6-8-22(40-2)9-7-19)11-25(36-38(27)28)35-29-12-20-10-21(13-29)15-30(39,14-20)18-29/h3-9,11,16,20-21,39H,10,12-15,17-18H2,2H3,(H,35,36). The Bertz CT molecular complexity index is 1620. The molecule has 0 amide bonds. The molecule has 8 rings (SSSR count). The Balaban J connectivity index is 1.34. The number of halogens is 1. The predicted molar refractivity (Wildman–Crippen MR) is 156 cm³/mol. The summed E-state index contributed by atoms with van der Waals surface area (Å²) in [6, 6.07) is 15.8. The van der Waals surface area contributed by atoms with Gasteiger partial charge in [-0.3, -0.25) is 0 Å². The summed E-state index contributed by atoms with van der Waals surface area (Å²) < 4.78 is 7.71. The summed E-state index contributed by atoms with van der Waals surface area (Å²) in [5.74, 6) is 3.61. The molecular weight excluding hydrogens is 570 g/mol. The first-order valence-corrected chi connectivity index (χ1v) is 14.4. The molecule has 4 bridgehead atoms. The number of pyridine rings is 1. The summed E-state index contributed by atoms with van der Waals surface area (Å²) in [4.78, 5) is 15.2. The Labute approximate surface area is 241 Å². The van der Waals surface area contributed by atoms with Crippen LogP contribution in [0.5, 0.6) is 5.75 Å². The number of rotatable bonds is 7. The predicted octanol–water partition coefficient (Wildman–Crippen LogP) is 6.28. The Morgan fingerprint density at radius 2 is 1.95 bits per heavy atom. The molecular formula is C30H30BrN7O2. The van der Waals surface area contributed by atoms with E-state index in [4.69, 9.17) is 21.4 Å². The number of imidazole rings is 1. The van der Waals surface area contributed by atoms with E-state index in [1.807, 2.05) is 48.5 Å². The minimum absolute atomic E-state index is 0.204. The summed E-state index contributed by atoms with van der Waals surface area (Å²) in [7, 11) is 1.66. The third kappa shape index (κ3) is 4.47. The van der Waals surface area contributed by atoms with Crippen LogP contribution in [0.1, 0.15) is 44.1 Å². The van der Waals surface area contributed by atoms with Gasteiger partial charge >= 0.3 is 0 Å². The molecule has 4 aliphatic rings. The van der Waals surface area contributed by atoms with Crippen LogP contribution < -0.4 is 15.0 Å². The average Bonchev–Trinajstić information content (AvgIpc) is 3.33. The first-order chi connectivity index (χ1) is 19.3. The maximum atomic E-state index is 11.3. The molecule has 0 spiro atoms. The molecule has 3 heterocycles. The van der Waals surface area contributed by atoms with E-state index < -0.39 is 5.60 Å². The number of anilines is 3. The van der Waals surface area contributed by atoms with Gasteiger partial charge in [0.15, 0.2) is 5.82 Å².